The number of thioether (sulfide) groups is 1. The van der Waals surface area contributed by atoms with Crippen LogP contribution in [-0.4, -0.2) is 106 Å². The third-order valence-electron chi connectivity index (χ3n) is 10.1. The number of carbonyl (C=O) groups is 2. The van der Waals surface area contributed by atoms with Crippen molar-refractivity contribution in [1.29, 1.82) is 10.5 Å². The first-order valence-electron chi connectivity index (χ1n) is 19.0. The summed E-state index contributed by atoms with van der Waals surface area (Å²) in [4.78, 5) is 35.5. The molecule has 2 saturated heterocycles. The maximum atomic E-state index is 16.1. The van der Waals surface area contributed by atoms with Crippen LogP contribution in [0.5, 0.6) is 0 Å². The Bertz CT molecular complexity index is 2280. The van der Waals surface area contributed by atoms with E-state index in [1.807, 2.05) is 24.1 Å². The van der Waals surface area contributed by atoms with Gasteiger partial charge < -0.3 is 23.8 Å². The van der Waals surface area contributed by atoms with Crippen LogP contribution in [0.4, 0.5) is 13.2 Å². The van der Waals surface area contributed by atoms with Crippen LogP contribution in [0.25, 0.3) is 6.08 Å². The largest absolute Gasteiger partial charge is 0.460 e. The number of nitrogens with zero attached hydrogens (tertiary/aromatic N) is 7. The van der Waals surface area contributed by atoms with Crippen LogP contribution in [0.3, 0.4) is 0 Å². The van der Waals surface area contributed by atoms with Crippen molar-refractivity contribution in [1.82, 2.24) is 24.6 Å². The lowest BCUT2D eigenvalue weighted by atomic mass is 9.89. The van der Waals surface area contributed by atoms with E-state index in [1.54, 1.807) is 31.2 Å². The molecule has 0 radical (unpaired) electrons. The van der Waals surface area contributed by atoms with Crippen LogP contribution in [-0.2, 0) is 42.5 Å². The Labute approximate surface area is 349 Å². The molecule has 0 bridgehead atoms. The van der Waals surface area contributed by atoms with Crippen LogP contribution >= 0.6 is 11.8 Å². The maximum absolute atomic E-state index is 16.1. The SMILES string of the molecule is CC(SC1COC(C=CC=Cc2ccc(C#N)cc2F)OC1)C(Cn1cncn1)(OC(=O)c1cc(C#N)ccc1COC(=O)CN1CCN(C)CC1)c1ccc(F)cc1F. The summed E-state index contributed by atoms with van der Waals surface area (Å²) in [6, 6.07) is 15.4. The Morgan fingerprint density at radius 2 is 1.72 bits per heavy atom. The molecule has 0 aliphatic carbocycles. The molecule has 0 amide bonds. The van der Waals surface area contributed by atoms with Gasteiger partial charge >= 0.3 is 11.9 Å². The number of ether oxygens (including phenoxy) is 4. The van der Waals surface area contributed by atoms with Crippen LogP contribution in [0, 0.1) is 40.1 Å². The monoisotopic (exact) mass is 841 g/mol. The van der Waals surface area contributed by atoms with Crippen molar-refractivity contribution in [2.75, 3.05) is 53.0 Å². The highest BCUT2D eigenvalue weighted by Gasteiger charge is 2.47. The van der Waals surface area contributed by atoms with E-state index in [9.17, 15) is 23.6 Å². The van der Waals surface area contributed by atoms with Crippen LogP contribution in [0.1, 0.15) is 45.1 Å². The second kappa shape index (κ2) is 20.4. The van der Waals surface area contributed by atoms with Crippen molar-refractivity contribution in [2.24, 2.45) is 0 Å². The number of esters is 2. The van der Waals surface area contributed by atoms with E-state index < -0.39 is 46.5 Å². The van der Waals surface area contributed by atoms with E-state index in [0.29, 0.717) is 24.7 Å². The third kappa shape index (κ3) is 11.3. The Morgan fingerprint density at radius 3 is 2.40 bits per heavy atom. The highest BCUT2D eigenvalue weighted by Crippen LogP contribution is 2.42. The number of nitriles is 2. The number of allylic oxidation sites excluding steroid dienone is 2. The van der Waals surface area contributed by atoms with E-state index in [1.165, 1.54) is 65.5 Å². The molecule has 60 heavy (non-hydrogen) atoms. The van der Waals surface area contributed by atoms with E-state index in [2.05, 4.69) is 15.0 Å². The molecule has 6 rings (SSSR count). The van der Waals surface area contributed by atoms with E-state index in [4.69, 9.17) is 24.2 Å². The number of likely N-dealkylation sites (N-methyl/N-ethyl adjacent to an activating group) is 1. The summed E-state index contributed by atoms with van der Waals surface area (Å²) in [5.74, 6) is -3.80. The van der Waals surface area contributed by atoms with Gasteiger partial charge in [0, 0.05) is 54.2 Å². The van der Waals surface area contributed by atoms with Crippen molar-refractivity contribution in [2.45, 2.75) is 42.5 Å². The normalized spacial score (nSPS) is 19.1. The molecule has 2 atom stereocenters. The van der Waals surface area contributed by atoms with E-state index in [-0.39, 0.29) is 66.0 Å². The molecule has 312 valence electrons. The minimum Gasteiger partial charge on any atom is -0.460 e. The van der Waals surface area contributed by atoms with Gasteiger partial charge in [-0.2, -0.15) is 15.6 Å². The molecule has 17 heteroatoms. The van der Waals surface area contributed by atoms with Gasteiger partial charge in [-0.15, -0.1) is 11.8 Å². The number of hydrogen-bond donors (Lipinski definition) is 0. The van der Waals surface area contributed by atoms with Gasteiger partial charge in [-0.05, 0) is 56.4 Å². The average Bonchev–Trinajstić information content (AvgIpc) is 3.76. The molecule has 13 nitrogen and oxygen atoms in total. The summed E-state index contributed by atoms with van der Waals surface area (Å²) in [6.07, 6.45) is 8.34. The second-order valence-electron chi connectivity index (χ2n) is 14.2. The van der Waals surface area contributed by atoms with E-state index >= 15 is 4.39 Å². The number of piperazine rings is 1. The van der Waals surface area contributed by atoms with Crippen molar-refractivity contribution >= 4 is 29.8 Å². The predicted molar refractivity (Wildman–Crippen MR) is 214 cm³/mol. The first-order valence-corrected chi connectivity index (χ1v) is 19.9. The summed E-state index contributed by atoms with van der Waals surface area (Å²) in [6.45, 7) is 4.59. The molecule has 4 aromatic rings. The lowest BCUT2D eigenvalue weighted by molar-refractivity contribution is -0.147. The number of carbonyl (C=O) groups excluding carboxylic acids is 2. The number of aromatic nitrogens is 3. The number of hydrogen-bond acceptors (Lipinski definition) is 13. The Hall–Kier alpha value is -5.82. The fraction of sp³-hybridized carbons (Fsp3) is 0.349. The third-order valence-corrected chi connectivity index (χ3v) is 11.5. The number of benzene rings is 3. The Morgan fingerprint density at radius 1 is 0.983 bits per heavy atom. The quantitative estimate of drug-likeness (QED) is 0.108. The van der Waals surface area contributed by atoms with Gasteiger partial charge in [0.15, 0.2) is 11.9 Å². The van der Waals surface area contributed by atoms with Crippen molar-refractivity contribution < 1.29 is 41.7 Å². The molecule has 0 saturated carbocycles. The minimum absolute atomic E-state index is 0.0628. The Kier molecular flexibility index (Phi) is 14.9. The molecular weight excluding hydrogens is 800 g/mol. The zero-order valence-electron chi connectivity index (χ0n) is 32.9. The molecule has 3 aromatic carbocycles. The predicted octanol–water partition coefficient (Wildman–Crippen LogP) is 5.61. The van der Waals surface area contributed by atoms with Gasteiger partial charge in [0.1, 0.15) is 36.7 Å². The minimum atomic E-state index is -1.88. The molecule has 0 N–H and O–H groups in total. The highest BCUT2D eigenvalue weighted by molar-refractivity contribution is 8.00. The zero-order valence-corrected chi connectivity index (χ0v) is 33.7. The van der Waals surface area contributed by atoms with Crippen molar-refractivity contribution in [3.8, 4) is 12.1 Å². The highest BCUT2D eigenvalue weighted by atomic mass is 32.2. The van der Waals surface area contributed by atoms with Gasteiger partial charge in [0.25, 0.3) is 0 Å². The Balaban J connectivity index is 1.22. The fourth-order valence-corrected chi connectivity index (χ4v) is 8.06. The lowest BCUT2D eigenvalue weighted by Crippen LogP contribution is -2.47. The topological polar surface area (TPSA) is 156 Å². The molecular formula is C43H42F3N7O6S. The molecule has 3 heterocycles. The van der Waals surface area contributed by atoms with Crippen LogP contribution in [0.2, 0.25) is 0 Å². The summed E-state index contributed by atoms with van der Waals surface area (Å²) in [5, 5.41) is 21.8. The van der Waals surface area contributed by atoms with Crippen LogP contribution in [0.15, 0.2) is 85.5 Å². The molecule has 2 unspecified atom stereocenters. The van der Waals surface area contributed by atoms with Crippen molar-refractivity contribution in [3.05, 3.63) is 136 Å². The van der Waals surface area contributed by atoms with Gasteiger partial charge in [-0.25, -0.2) is 27.6 Å². The molecule has 1 aromatic heterocycles. The number of rotatable bonds is 15. The molecule has 0 spiro atoms. The van der Waals surface area contributed by atoms with Gasteiger partial charge in [0.2, 0.25) is 0 Å². The summed E-state index contributed by atoms with van der Waals surface area (Å²) in [7, 11) is 2.01. The smallest absolute Gasteiger partial charge is 0.339 e. The standard InChI is InChI=1S/C43H42F3N7O6S/c1-29(60-35-24-57-41(58-25-35)6-4-3-5-32-9-7-31(21-48)18-38(32)45)43(26-53-28-49-27-50-53,37-12-11-34(44)19-39(37)46)59-42(55)36-17-30(20-47)8-10-33(36)23-56-40(54)22-52-15-13-51(2)14-16-52/h3-12,17-19,27-29,35,41H,13-16,22-26H2,1-2H3. The summed E-state index contributed by atoms with van der Waals surface area (Å²) in [5.41, 5.74) is -1.21. The maximum Gasteiger partial charge on any atom is 0.339 e. The van der Waals surface area contributed by atoms with Gasteiger partial charge in [-0.1, -0.05) is 30.4 Å². The summed E-state index contributed by atoms with van der Waals surface area (Å²) < 4.78 is 70.0. The number of halogens is 3. The van der Waals surface area contributed by atoms with Crippen LogP contribution < -0.4 is 0 Å². The van der Waals surface area contributed by atoms with Gasteiger partial charge in [-0.3, -0.25) is 9.69 Å². The lowest BCUT2D eigenvalue weighted by Gasteiger charge is -2.40. The average molecular weight is 842 g/mol. The van der Waals surface area contributed by atoms with Crippen molar-refractivity contribution in [3.63, 3.8) is 0 Å². The molecule has 2 aliphatic rings. The second-order valence-corrected chi connectivity index (χ2v) is 15.9. The summed E-state index contributed by atoms with van der Waals surface area (Å²) >= 11 is 1.29. The zero-order chi connectivity index (χ0) is 42.6. The van der Waals surface area contributed by atoms with E-state index in [0.717, 1.165) is 25.2 Å². The van der Waals surface area contributed by atoms with Gasteiger partial charge in [0.05, 0.1) is 60.4 Å². The molecule has 2 aliphatic heterocycles. The first-order chi connectivity index (χ1) is 29.0. The molecule has 2 fully saturated rings. The fourth-order valence-electron chi connectivity index (χ4n) is 6.70. The first kappa shape index (κ1) is 43.8.